The molecule has 0 aliphatic carbocycles. The molecule has 1 aromatic carbocycles. The minimum Gasteiger partial charge on any atom is -0.311 e. The van der Waals surface area contributed by atoms with E-state index in [4.69, 9.17) is 0 Å². The highest BCUT2D eigenvalue weighted by Crippen LogP contribution is 2.16. The first-order valence-corrected chi connectivity index (χ1v) is 7.14. The average Bonchev–Trinajstić information content (AvgIpc) is 2.76. The number of thiazole rings is 1. The molecule has 0 saturated heterocycles. The number of benzene rings is 1. The maximum atomic E-state index is 13.1. The fourth-order valence-electron chi connectivity index (χ4n) is 1.79. The highest BCUT2D eigenvalue weighted by Gasteiger charge is 2.06. The summed E-state index contributed by atoms with van der Waals surface area (Å²) in [5.41, 5.74) is 1.59. The van der Waals surface area contributed by atoms with Crippen LogP contribution in [0.3, 0.4) is 0 Å². The summed E-state index contributed by atoms with van der Waals surface area (Å²) in [6, 6.07) is 3.57. The van der Waals surface area contributed by atoms with Crippen molar-refractivity contribution in [3.8, 4) is 0 Å². The van der Waals surface area contributed by atoms with Crippen molar-refractivity contribution in [2.45, 2.75) is 26.3 Å². The maximum absolute atomic E-state index is 13.1. The lowest BCUT2D eigenvalue weighted by molar-refractivity contribution is 0.580. The predicted molar refractivity (Wildman–Crippen MR) is 73.3 cm³/mol. The molecule has 0 aliphatic heterocycles. The molecule has 2 aromatic rings. The fourth-order valence-corrected chi connectivity index (χ4v) is 2.62. The van der Waals surface area contributed by atoms with Gasteiger partial charge in [-0.1, -0.05) is 6.92 Å². The van der Waals surface area contributed by atoms with Crippen molar-refractivity contribution in [3.05, 3.63) is 51.5 Å². The number of rotatable bonds is 6. The molecular weight excluding hydrogens is 266 g/mol. The van der Waals surface area contributed by atoms with Gasteiger partial charge in [0, 0.05) is 24.4 Å². The van der Waals surface area contributed by atoms with Crippen LogP contribution in [0.1, 0.15) is 29.6 Å². The standard InChI is InChI=1S/C14H16F2N2S/c1-2-3-17-8-13-9-19-14(18-13)6-10-4-11(15)7-12(16)5-10/h4-5,7,9,17H,2-3,6,8H2,1H3. The Kier molecular flexibility index (Phi) is 4.99. The van der Waals surface area contributed by atoms with E-state index in [1.165, 1.54) is 23.5 Å². The van der Waals surface area contributed by atoms with Crippen molar-refractivity contribution in [1.82, 2.24) is 10.3 Å². The number of halogens is 2. The largest absolute Gasteiger partial charge is 0.311 e. The van der Waals surface area contributed by atoms with Gasteiger partial charge >= 0.3 is 0 Å². The molecule has 102 valence electrons. The summed E-state index contributed by atoms with van der Waals surface area (Å²) < 4.78 is 26.1. The normalized spacial score (nSPS) is 10.9. The first-order chi connectivity index (χ1) is 9.17. The Morgan fingerprint density at radius 3 is 2.63 bits per heavy atom. The van der Waals surface area contributed by atoms with Gasteiger partial charge in [0.1, 0.15) is 11.6 Å². The molecule has 0 fully saturated rings. The number of hydrogen-bond acceptors (Lipinski definition) is 3. The van der Waals surface area contributed by atoms with E-state index in [2.05, 4.69) is 17.2 Å². The molecular formula is C14H16F2N2S. The Morgan fingerprint density at radius 2 is 1.95 bits per heavy atom. The minimum absolute atomic E-state index is 0.465. The third-order valence-corrected chi connectivity index (χ3v) is 3.51. The van der Waals surface area contributed by atoms with Crippen molar-refractivity contribution in [1.29, 1.82) is 0 Å². The van der Waals surface area contributed by atoms with Crippen molar-refractivity contribution in [2.75, 3.05) is 6.54 Å². The summed E-state index contributed by atoms with van der Waals surface area (Å²) in [7, 11) is 0. The molecule has 1 heterocycles. The highest BCUT2D eigenvalue weighted by atomic mass is 32.1. The van der Waals surface area contributed by atoms with Crippen molar-refractivity contribution in [2.24, 2.45) is 0 Å². The molecule has 19 heavy (non-hydrogen) atoms. The molecule has 5 heteroatoms. The van der Waals surface area contributed by atoms with Gasteiger partial charge in [-0.3, -0.25) is 0 Å². The number of nitrogens with zero attached hydrogens (tertiary/aromatic N) is 1. The molecule has 0 saturated carbocycles. The van der Waals surface area contributed by atoms with Crippen LogP contribution in [0.2, 0.25) is 0 Å². The number of aromatic nitrogens is 1. The average molecular weight is 282 g/mol. The molecule has 0 radical (unpaired) electrons. The Morgan fingerprint density at radius 1 is 1.21 bits per heavy atom. The number of nitrogens with one attached hydrogen (secondary N) is 1. The van der Waals surface area contributed by atoms with E-state index in [1.807, 2.05) is 5.38 Å². The monoisotopic (exact) mass is 282 g/mol. The van der Waals surface area contributed by atoms with Gasteiger partial charge < -0.3 is 5.32 Å². The lowest BCUT2D eigenvalue weighted by Crippen LogP contribution is -2.13. The zero-order valence-electron chi connectivity index (χ0n) is 10.7. The lowest BCUT2D eigenvalue weighted by atomic mass is 10.1. The second kappa shape index (κ2) is 6.73. The summed E-state index contributed by atoms with van der Waals surface area (Å²) in [5.74, 6) is -1.09. The summed E-state index contributed by atoms with van der Waals surface area (Å²) in [4.78, 5) is 4.45. The molecule has 1 aromatic heterocycles. The van der Waals surface area contributed by atoms with Crippen molar-refractivity contribution in [3.63, 3.8) is 0 Å². The van der Waals surface area contributed by atoms with Gasteiger partial charge in [-0.15, -0.1) is 11.3 Å². The molecule has 2 rings (SSSR count). The van der Waals surface area contributed by atoms with Crippen LogP contribution in [0.4, 0.5) is 8.78 Å². The summed E-state index contributed by atoms with van der Waals surface area (Å²) in [6.07, 6.45) is 1.55. The van der Waals surface area contributed by atoms with Gasteiger partial charge in [0.2, 0.25) is 0 Å². The molecule has 1 N–H and O–H groups in total. The van der Waals surface area contributed by atoms with E-state index in [-0.39, 0.29) is 0 Å². The lowest BCUT2D eigenvalue weighted by Gasteiger charge is -2.00. The van der Waals surface area contributed by atoms with Gasteiger partial charge in [-0.25, -0.2) is 13.8 Å². The summed E-state index contributed by atoms with van der Waals surface area (Å²) in [5, 5.41) is 6.12. The zero-order chi connectivity index (χ0) is 13.7. The molecule has 0 atom stereocenters. The quantitative estimate of drug-likeness (QED) is 0.820. The third-order valence-electron chi connectivity index (χ3n) is 2.61. The van der Waals surface area contributed by atoms with E-state index in [0.717, 1.165) is 36.3 Å². The third kappa shape index (κ3) is 4.36. The van der Waals surface area contributed by atoms with E-state index in [0.29, 0.717) is 12.0 Å². The van der Waals surface area contributed by atoms with Gasteiger partial charge in [-0.05, 0) is 30.7 Å². The zero-order valence-corrected chi connectivity index (χ0v) is 11.6. The van der Waals surface area contributed by atoms with E-state index in [1.54, 1.807) is 0 Å². The SMILES string of the molecule is CCCNCc1csc(Cc2cc(F)cc(F)c2)n1. The Labute approximate surface area is 115 Å². The molecule has 0 spiro atoms. The Bertz CT molecular complexity index is 520. The van der Waals surface area contributed by atoms with Crippen LogP contribution < -0.4 is 5.32 Å². The van der Waals surface area contributed by atoms with Crippen molar-refractivity contribution < 1.29 is 8.78 Å². The van der Waals surface area contributed by atoms with Gasteiger partial charge in [0.15, 0.2) is 0 Å². The van der Waals surface area contributed by atoms with Crippen LogP contribution in [0.5, 0.6) is 0 Å². The number of hydrogen-bond donors (Lipinski definition) is 1. The second-order valence-electron chi connectivity index (χ2n) is 4.36. The van der Waals surface area contributed by atoms with Crippen LogP contribution in [0.25, 0.3) is 0 Å². The summed E-state index contributed by atoms with van der Waals surface area (Å²) >= 11 is 1.52. The molecule has 2 nitrogen and oxygen atoms in total. The molecule has 0 aliphatic rings. The smallest absolute Gasteiger partial charge is 0.126 e. The van der Waals surface area contributed by atoms with Gasteiger partial charge in [-0.2, -0.15) is 0 Å². The fraction of sp³-hybridized carbons (Fsp3) is 0.357. The van der Waals surface area contributed by atoms with Crippen LogP contribution in [-0.2, 0) is 13.0 Å². The van der Waals surface area contributed by atoms with Crippen molar-refractivity contribution >= 4 is 11.3 Å². The maximum Gasteiger partial charge on any atom is 0.126 e. The van der Waals surface area contributed by atoms with Gasteiger partial charge in [0.05, 0.1) is 10.7 Å². The van der Waals surface area contributed by atoms with E-state index >= 15 is 0 Å². The molecule has 0 amide bonds. The highest BCUT2D eigenvalue weighted by molar-refractivity contribution is 7.09. The first-order valence-electron chi connectivity index (χ1n) is 6.26. The molecule has 0 bridgehead atoms. The van der Waals surface area contributed by atoms with E-state index in [9.17, 15) is 8.78 Å². The summed E-state index contributed by atoms with van der Waals surface area (Å²) in [6.45, 7) is 3.81. The van der Waals surface area contributed by atoms with Crippen LogP contribution in [0, 0.1) is 11.6 Å². The minimum atomic E-state index is -0.545. The second-order valence-corrected chi connectivity index (χ2v) is 5.31. The van der Waals surface area contributed by atoms with Crippen LogP contribution in [0.15, 0.2) is 23.6 Å². The Hall–Kier alpha value is -1.33. The first kappa shape index (κ1) is 14.1. The van der Waals surface area contributed by atoms with Crippen LogP contribution >= 0.6 is 11.3 Å². The van der Waals surface area contributed by atoms with Gasteiger partial charge in [0.25, 0.3) is 0 Å². The Balaban J connectivity index is 1.99. The van der Waals surface area contributed by atoms with Crippen LogP contribution in [-0.4, -0.2) is 11.5 Å². The van der Waals surface area contributed by atoms with E-state index < -0.39 is 11.6 Å². The topological polar surface area (TPSA) is 24.9 Å². The molecule has 0 unspecified atom stereocenters. The predicted octanol–water partition coefficient (Wildman–Crippen LogP) is 3.51.